The van der Waals surface area contributed by atoms with Gasteiger partial charge in [-0.15, -0.1) is 0 Å². The van der Waals surface area contributed by atoms with Gasteiger partial charge in [0.05, 0.1) is 0 Å². The van der Waals surface area contributed by atoms with Gasteiger partial charge in [-0.25, -0.2) is 0 Å². The fraction of sp³-hybridized carbons (Fsp3) is 0.152. The fourth-order valence-corrected chi connectivity index (χ4v) is 12.7. The summed E-state index contributed by atoms with van der Waals surface area (Å²) in [6.45, 7) is 3.78. The van der Waals surface area contributed by atoms with Crippen LogP contribution in [0.1, 0.15) is 31.7 Å². The van der Waals surface area contributed by atoms with Crippen LogP contribution in [0.15, 0.2) is 150 Å². The average molecular weight is 700 g/mol. The molecule has 0 aromatic heterocycles. The number of unbranched alkanes of at least 4 members (excludes halogenated alkanes) is 1. The van der Waals surface area contributed by atoms with E-state index in [1.807, 2.05) is 32.0 Å². The van der Waals surface area contributed by atoms with Gasteiger partial charge in [0.25, 0.3) is 0 Å². The van der Waals surface area contributed by atoms with Crippen LogP contribution >= 0.6 is 0 Å². The quantitative estimate of drug-likeness (QED) is 0.133. The Balaban J connectivity index is 2.11. The van der Waals surface area contributed by atoms with Gasteiger partial charge in [0.15, 0.2) is 0 Å². The number of sulfone groups is 3. The molecule has 0 spiro atoms. The Hall–Kier alpha value is -3.27. The van der Waals surface area contributed by atoms with Crippen LogP contribution in [0.5, 0.6) is 0 Å². The van der Waals surface area contributed by atoms with Crippen LogP contribution in [-0.4, -0.2) is 40.2 Å². The summed E-state index contributed by atoms with van der Waals surface area (Å²) in [7, 11) is -13.3. The van der Waals surface area contributed by atoms with E-state index in [9.17, 15) is 25.3 Å². The maximum absolute atomic E-state index is 14.2. The molecular weight excluding hydrogens is 668 g/mol. The van der Waals surface area contributed by atoms with E-state index in [-0.39, 0.29) is 30.5 Å². The Bertz CT molecular complexity index is 1860. The number of allylic oxidation sites excluding steroid dienone is 3. The van der Waals surface area contributed by atoms with Crippen molar-refractivity contribution in [2.45, 2.75) is 47.8 Å². The molecule has 0 heterocycles. The molecule has 4 rings (SSSR count). The van der Waals surface area contributed by atoms with E-state index in [0.717, 1.165) is 16.1 Å². The van der Waals surface area contributed by atoms with Gasteiger partial charge in [-0.1, -0.05) is 0 Å². The maximum atomic E-state index is 14.2. The molecular formula is C33H32O6S3Se. The molecule has 4 aromatic rings. The van der Waals surface area contributed by atoms with E-state index in [1.54, 1.807) is 36.4 Å². The van der Waals surface area contributed by atoms with Gasteiger partial charge < -0.3 is 0 Å². The molecule has 43 heavy (non-hydrogen) atoms. The van der Waals surface area contributed by atoms with Crippen molar-refractivity contribution >= 4 is 48.9 Å². The van der Waals surface area contributed by atoms with Gasteiger partial charge in [-0.2, -0.15) is 0 Å². The zero-order valence-electron chi connectivity index (χ0n) is 23.8. The Morgan fingerprint density at radius 1 is 0.605 bits per heavy atom. The third-order valence-electron chi connectivity index (χ3n) is 6.54. The third-order valence-corrected chi connectivity index (χ3v) is 15.5. The molecule has 0 aliphatic rings. The second-order valence-corrected chi connectivity index (χ2v) is 18.1. The van der Waals surface area contributed by atoms with Crippen molar-refractivity contribution in [1.82, 2.24) is 0 Å². The van der Waals surface area contributed by atoms with E-state index in [0.29, 0.717) is 12.8 Å². The van der Waals surface area contributed by atoms with Crippen molar-refractivity contribution in [2.24, 2.45) is 0 Å². The number of hydrogen-bond acceptors (Lipinski definition) is 6. The zero-order valence-corrected chi connectivity index (χ0v) is 27.9. The first-order valence-corrected chi connectivity index (χ1v) is 19.7. The summed E-state index contributed by atoms with van der Waals surface area (Å²) >= 11 is -0.758. The molecule has 10 heteroatoms. The summed E-state index contributed by atoms with van der Waals surface area (Å²) < 4.78 is 85.0. The summed E-state index contributed by atoms with van der Waals surface area (Å²) in [6, 6.07) is 30.2. The molecule has 0 bridgehead atoms. The first-order valence-electron chi connectivity index (χ1n) is 13.6. The molecule has 4 aromatic carbocycles. The van der Waals surface area contributed by atoms with Crippen LogP contribution in [0.2, 0.25) is 0 Å². The van der Waals surface area contributed by atoms with Crippen molar-refractivity contribution in [2.75, 3.05) is 0 Å². The second-order valence-electron chi connectivity index (χ2n) is 9.72. The Morgan fingerprint density at radius 2 is 1.05 bits per heavy atom. The molecule has 224 valence electrons. The molecule has 0 atom stereocenters. The van der Waals surface area contributed by atoms with Crippen LogP contribution < -0.4 is 4.46 Å². The molecule has 0 radical (unpaired) electrons. The van der Waals surface area contributed by atoms with Crippen molar-refractivity contribution < 1.29 is 25.3 Å². The normalized spacial score (nSPS) is 12.8. The summed E-state index contributed by atoms with van der Waals surface area (Å²) in [5, 5.41) is 0. The standard InChI is InChI=1S/C33H32O6S3Se/c1-3-4-20-31(40(34,35)29-23-21-26(2)22-24-29)32(43-30-18-12-7-13-19-30)25-33(41(36,37)27-14-8-5-9-15-27)42(38,39)28-16-10-6-11-17-28/h5-19,21-25H,3-4,20H2,1-2H3/b32-31+. The minimum atomic E-state index is -4.61. The Labute approximate surface area is 261 Å². The van der Waals surface area contributed by atoms with Crippen LogP contribution in [0.4, 0.5) is 0 Å². The first-order chi connectivity index (χ1) is 20.5. The molecule has 0 aliphatic carbocycles. The molecule has 0 amide bonds. The van der Waals surface area contributed by atoms with Crippen LogP contribution in [0.3, 0.4) is 0 Å². The van der Waals surface area contributed by atoms with E-state index in [1.165, 1.54) is 60.7 Å². The molecule has 0 unspecified atom stereocenters. The number of hydrogen-bond donors (Lipinski definition) is 0. The fourth-order valence-electron chi connectivity index (χ4n) is 4.21. The third kappa shape index (κ3) is 7.63. The molecule has 0 saturated heterocycles. The predicted molar refractivity (Wildman–Crippen MR) is 172 cm³/mol. The average Bonchev–Trinajstić information content (AvgIpc) is 3.01. The van der Waals surface area contributed by atoms with Gasteiger partial charge in [0, 0.05) is 0 Å². The van der Waals surface area contributed by atoms with Crippen molar-refractivity contribution in [3.05, 3.63) is 141 Å². The van der Waals surface area contributed by atoms with Gasteiger partial charge >= 0.3 is 262 Å². The molecule has 0 N–H and O–H groups in total. The SMILES string of the molecule is CCCC/C(=C(/C=C(S(=O)(=O)c1ccccc1)S(=O)(=O)c1ccccc1)[Se]c1ccccc1)S(=O)(=O)c1ccc(C)cc1. The minimum absolute atomic E-state index is 0.0195. The van der Waals surface area contributed by atoms with Crippen LogP contribution in [0.25, 0.3) is 0 Å². The topological polar surface area (TPSA) is 102 Å². The van der Waals surface area contributed by atoms with Gasteiger partial charge in [-0.3, -0.25) is 0 Å². The summed E-state index contributed by atoms with van der Waals surface area (Å²) in [4.78, 5) is -0.323. The number of aryl methyl sites for hydroxylation is 1. The van der Waals surface area contributed by atoms with Gasteiger partial charge in [0.1, 0.15) is 0 Å². The van der Waals surface area contributed by atoms with Crippen molar-refractivity contribution in [3.8, 4) is 0 Å². The molecule has 6 nitrogen and oxygen atoms in total. The summed E-state index contributed by atoms with van der Waals surface area (Å²) in [5.74, 6) is 0. The van der Waals surface area contributed by atoms with Crippen molar-refractivity contribution in [3.63, 3.8) is 0 Å². The Morgan fingerprint density at radius 3 is 1.51 bits per heavy atom. The monoisotopic (exact) mass is 700 g/mol. The van der Waals surface area contributed by atoms with Crippen LogP contribution in [0, 0.1) is 6.92 Å². The van der Waals surface area contributed by atoms with E-state index >= 15 is 0 Å². The summed E-state index contributed by atoms with van der Waals surface area (Å²) in [5.41, 5.74) is 0.886. The predicted octanol–water partition coefficient (Wildman–Crippen LogP) is 5.99. The summed E-state index contributed by atoms with van der Waals surface area (Å²) in [6.07, 6.45) is 2.40. The first kappa shape index (κ1) is 32.6. The molecule has 0 saturated carbocycles. The second kappa shape index (κ2) is 14.0. The zero-order chi connectivity index (χ0) is 31.1. The van der Waals surface area contributed by atoms with Gasteiger partial charge in [0.2, 0.25) is 0 Å². The van der Waals surface area contributed by atoms with Gasteiger partial charge in [-0.05, 0) is 0 Å². The van der Waals surface area contributed by atoms with E-state index in [2.05, 4.69) is 0 Å². The van der Waals surface area contributed by atoms with E-state index in [4.69, 9.17) is 0 Å². The molecule has 0 aliphatic heterocycles. The number of rotatable bonds is 12. The van der Waals surface area contributed by atoms with Crippen LogP contribution in [-0.2, 0) is 29.5 Å². The number of benzene rings is 4. The van der Waals surface area contributed by atoms with E-state index < -0.39 is 48.7 Å². The molecule has 0 fully saturated rings. The Kier molecular flexibility index (Phi) is 10.6. The van der Waals surface area contributed by atoms with Crippen molar-refractivity contribution in [1.29, 1.82) is 0 Å².